The van der Waals surface area contributed by atoms with E-state index in [1.807, 2.05) is 18.2 Å². The van der Waals surface area contributed by atoms with E-state index in [4.69, 9.17) is 4.74 Å². The molecule has 4 aromatic rings. The molecule has 0 radical (unpaired) electrons. The molecular weight excluding hydrogens is 433 g/mol. The number of aromatic nitrogens is 2. The summed E-state index contributed by atoms with van der Waals surface area (Å²) in [7, 11) is 0. The van der Waals surface area contributed by atoms with Crippen molar-refractivity contribution in [3.63, 3.8) is 0 Å². The Labute approximate surface area is 196 Å². The monoisotopic (exact) mass is 457 g/mol. The van der Waals surface area contributed by atoms with Gasteiger partial charge in [0.1, 0.15) is 24.0 Å². The lowest BCUT2D eigenvalue weighted by Gasteiger charge is -2.13. The van der Waals surface area contributed by atoms with Crippen molar-refractivity contribution >= 4 is 22.5 Å². The Bertz CT molecular complexity index is 1410. The maximum Gasteiger partial charge on any atom is 0.261 e. The fourth-order valence-electron chi connectivity index (χ4n) is 3.98. The summed E-state index contributed by atoms with van der Waals surface area (Å²) >= 11 is 0. The van der Waals surface area contributed by atoms with Gasteiger partial charge in [0.25, 0.3) is 5.56 Å². The zero-order valence-corrected chi connectivity index (χ0v) is 18.5. The number of para-hydroxylation sites is 1. The summed E-state index contributed by atoms with van der Waals surface area (Å²) in [5, 5.41) is 3.49. The molecule has 6 nitrogen and oxygen atoms in total. The summed E-state index contributed by atoms with van der Waals surface area (Å²) in [6.45, 7) is 0.224. The molecule has 1 aliphatic carbocycles. The van der Waals surface area contributed by atoms with Gasteiger partial charge in [0.2, 0.25) is 5.91 Å². The van der Waals surface area contributed by atoms with Crippen molar-refractivity contribution < 1.29 is 13.9 Å². The van der Waals surface area contributed by atoms with Crippen molar-refractivity contribution in [3.05, 3.63) is 100 Å². The molecule has 0 spiro atoms. The predicted molar refractivity (Wildman–Crippen MR) is 128 cm³/mol. The van der Waals surface area contributed by atoms with Gasteiger partial charge >= 0.3 is 0 Å². The maximum atomic E-state index is 13.3. The highest BCUT2D eigenvalue weighted by Gasteiger charge is 2.28. The van der Waals surface area contributed by atoms with Crippen LogP contribution < -0.4 is 15.6 Å². The number of carbonyl (C=O) groups is 1. The van der Waals surface area contributed by atoms with Crippen molar-refractivity contribution in [1.29, 1.82) is 0 Å². The van der Waals surface area contributed by atoms with E-state index in [2.05, 4.69) is 10.3 Å². The van der Waals surface area contributed by atoms with Crippen LogP contribution in [0, 0.1) is 5.82 Å². The average Bonchev–Trinajstić information content (AvgIpc) is 3.67. The van der Waals surface area contributed by atoms with E-state index in [-0.39, 0.29) is 36.4 Å². The van der Waals surface area contributed by atoms with Crippen LogP contribution in [0.1, 0.15) is 36.7 Å². The third kappa shape index (κ3) is 4.98. The van der Waals surface area contributed by atoms with E-state index in [0.717, 1.165) is 18.4 Å². The van der Waals surface area contributed by atoms with Crippen LogP contribution in [0.3, 0.4) is 0 Å². The number of anilines is 1. The predicted octanol–water partition coefficient (Wildman–Crippen LogP) is 5.02. The lowest BCUT2D eigenvalue weighted by atomic mass is 10.2. The largest absolute Gasteiger partial charge is 0.489 e. The molecule has 1 amide bonds. The first-order valence-corrected chi connectivity index (χ1v) is 11.3. The minimum absolute atomic E-state index is 0.0355. The fraction of sp³-hybridized carbons (Fsp3) is 0.222. The number of halogens is 1. The summed E-state index contributed by atoms with van der Waals surface area (Å²) in [5.74, 6) is 0.733. The van der Waals surface area contributed by atoms with Gasteiger partial charge in [-0.15, -0.1) is 0 Å². The third-order valence-electron chi connectivity index (χ3n) is 5.78. The summed E-state index contributed by atoms with van der Waals surface area (Å²) in [4.78, 5) is 30.3. The minimum Gasteiger partial charge on any atom is -0.489 e. The molecule has 5 rings (SSSR count). The summed E-state index contributed by atoms with van der Waals surface area (Å²) in [6.07, 6.45) is 2.49. The molecule has 34 heavy (non-hydrogen) atoms. The lowest BCUT2D eigenvalue weighted by Crippen LogP contribution is -2.25. The second-order valence-corrected chi connectivity index (χ2v) is 8.45. The Morgan fingerprint density at radius 1 is 1.06 bits per heavy atom. The van der Waals surface area contributed by atoms with Crippen LogP contribution in [0.25, 0.3) is 10.9 Å². The normalized spacial score (nSPS) is 13.1. The second-order valence-electron chi connectivity index (χ2n) is 8.45. The SMILES string of the molecule is O=C(CCc1nc2ccccc2c(=O)n1C1CC1)Nc1cccc(OCc2cccc(F)c2)c1. The van der Waals surface area contributed by atoms with E-state index in [1.54, 1.807) is 47.0 Å². The third-order valence-corrected chi connectivity index (χ3v) is 5.78. The molecule has 0 unspecified atom stereocenters. The Balaban J connectivity index is 1.24. The van der Waals surface area contributed by atoms with Crippen LogP contribution in [-0.2, 0) is 17.8 Å². The topological polar surface area (TPSA) is 73.2 Å². The van der Waals surface area contributed by atoms with E-state index < -0.39 is 0 Å². The Hall–Kier alpha value is -4.00. The molecule has 1 N–H and O–H groups in total. The number of carbonyl (C=O) groups excluding carboxylic acids is 1. The average molecular weight is 458 g/mol. The van der Waals surface area contributed by atoms with Gasteiger partial charge < -0.3 is 10.1 Å². The number of ether oxygens (including phenoxy) is 1. The van der Waals surface area contributed by atoms with Crippen LogP contribution in [0.15, 0.2) is 77.6 Å². The fourth-order valence-corrected chi connectivity index (χ4v) is 3.98. The van der Waals surface area contributed by atoms with Gasteiger partial charge in [-0.05, 0) is 54.8 Å². The molecule has 1 aromatic heterocycles. The smallest absolute Gasteiger partial charge is 0.261 e. The summed E-state index contributed by atoms with van der Waals surface area (Å²) in [6, 6.07) is 20.8. The van der Waals surface area contributed by atoms with Crippen molar-refractivity contribution in [2.45, 2.75) is 38.3 Å². The first-order valence-electron chi connectivity index (χ1n) is 11.3. The van der Waals surface area contributed by atoms with Crippen molar-refractivity contribution in [1.82, 2.24) is 9.55 Å². The second kappa shape index (κ2) is 9.47. The number of aryl methyl sites for hydroxylation is 1. The van der Waals surface area contributed by atoms with Crippen LogP contribution in [-0.4, -0.2) is 15.5 Å². The molecule has 1 aliphatic rings. The summed E-state index contributed by atoms with van der Waals surface area (Å²) in [5.41, 5.74) is 1.95. The van der Waals surface area contributed by atoms with E-state index in [0.29, 0.717) is 34.6 Å². The molecule has 3 aromatic carbocycles. The van der Waals surface area contributed by atoms with E-state index >= 15 is 0 Å². The number of nitrogens with zero attached hydrogens (tertiary/aromatic N) is 2. The van der Waals surface area contributed by atoms with Crippen molar-refractivity contribution in [2.75, 3.05) is 5.32 Å². The standard InChI is InChI=1S/C27H24FN3O3/c28-19-6-3-5-18(15-19)17-34-22-8-4-7-20(16-22)29-26(32)14-13-25-30-24-10-2-1-9-23(24)27(33)31(25)21-11-12-21/h1-10,15-16,21H,11-14,17H2,(H,29,32). The number of rotatable bonds is 8. The highest BCUT2D eigenvalue weighted by Crippen LogP contribution is 2.35. The highest BCUT2D eigenvalue weighted by molar-refractivity contribution is 5.91. The van der Waals surface area contributed by atoms with E-state index in [1.165, 1.54) is 12.1 Å². The number of nitrogens with one attached hydrogen (secondary N) is 1. The van der Waals surface area contributed by atoms with Crippen LogP contribution in [0.2, 0.25) is 0 Å². The molecule has 0 atom stereocenters. The Morgan fingerprint density at radius 2 is 1.88 bits per heavy atom. The number of amides is 1. The van der Waals surface area contributed by atoms with Gasteiger partial charge in [0.15, 0.2) is 0 Å². The van der Waals surface area contributed by atoms with Crippen LogP contribution in [0.4, 0.5) is 10.1 Å². The number of hydrogen-bond donors (Lipinski definition) is 1. The molecule has 0 bridgehead atoms. The molecule has 1 fully saturated rings. The Morgan fingerprint density at radius 3 is 2.71 bits per heavy atom. The highest BCUT2D eigenvalue weighted by atomic mass is 19.1. The number of benzene rings is 3. The molecular formula is C27H24FN3O3. The molecule has 0 saturated heterocycles. The van der Waals surface area contributed by atoms with Gasteiger partial charge in [-0.25, -0.2) is 9.37 Å². The first-order chi connectivity index (χ1) is 16.6. The van der Waals surface area contributed by atoms with Gasteiger partial charge in [-0.1, -0.05) is 30.3 Å². The van der Waals surface area contributed by atoms with Crippen molar-refractivity contribution in [2.24, 2.45) is 0 Å². The first kappa shape index (κ1) is 21.8. The van der Waals surface area contributed by atoms with Crippen LogP contribution in [0.5, 0.6) is 5.75 Å². The number of fused-ring (bicyclic) bond motifs is 1. The molecule has 1 heterocycles. The minimum atomic E-state index is -0.310. The van der Waals surface area contributed by atoms with Gasteiger partial charge in [-0.3, -0.25) is 14.2 Å². The lowest BCUT2D eigenvalue weighted by molar-refractivity contribution is -0.116. The molecule has 1 saturated carbocycles. The molecule has 172 valence electrons. The van der Waals surface area contributed by atoms with Crippen LogP contribution >= 0.6 is 0 Å². The molecule has 0 aliphatic heterocycles. The Kier molecular flexibility index (Phi) is 6.08. The van der Waals surface area contributed by atoms with Gasteiger partial charge in [0, 0.05) is 30.6 Å². The van der Waals surface area contributed by atoms with Gasteiger partial charge in [-0.2, -0.15) is 0 Å². The zero-order chi connectivity index (χ0) is 23.5. The van der Waals surface area contributed by atoms with Crippen molar-refractivity contribution in [3.8, 4) is 5.75 Å². The number of hydrogen-bond acceptors (Lipinski definition) is 4. The quantitative estimate of drug-likeness (QED) is 0.403. The van der Waals surface area contributed by atoms with Gasteiger partial charge in [0.05, 0.1) is 10.9 Å². The molecule has 7 heteroatoms. The summed E-state index contributed by atoms with van der Waals surface area (Å²) < 4.78 is 20.8. The maximum absolute atomic E-state index is 13.3. The van der Waals surface area contributed by atoms with E-state index in [9.17, 15) is 14.0 Å². The zero-order valence-electron chi connectivity index (χ0n) is 18.5.